The van der Waals surface area contributed by atoms with E-state index in [1.54, 1.807) is 6.92 Å². The van der Waals surface area contributed by atoms with Crippen molar-refractivity contribution in [3.8, 4) is 0 Å². The molecule has 2 aliphatic heterocycles. The number of benzene rings is 1. The van der Waals surface area contributed by atoms with Crippen LogP contribution in [0.25, 0.3) is 0 Å². The number of rotatable bonds is 6. The first-order valence-electron chi connectivity index (χ1n) is 8.09. The van der Waals surface area contributed by atoms with Crippen LogP contribution in [0.2, 0.25) is 0 Å². The molecule has 23 heavy (non-hydrogen) atoms. The van der Waals surface area contributed by atoms with Crippen LogP contribution in [-0.2, 0) is 14.3 Å². The molecule has 0 saturated carbocycles. The van der Waals surface area contributed by atoms with Gasteiger partial charge in [0.25, 0.3) is 5.91 Å². The minimum absolute atomic E-state index is 0.105. The molecule has 0 aromatic heterocycles. The second-order valence-corrected chi connectivity index (χ2v) is 8.52. The first-order valence-corrected chi connectivity index (χ1v) is 10.2. The summed E-state index contributed by atoms with van der Waals surface area (Å²) in [7, 11) is 0. The Balaban J connectivity index is 1.51. The molecular weight excluding hydrogens is 330 g/mol. The smallest absolute Gasteiger partial charge is 0.253 e. The van der Waals surface area contributed by atoms with Crippen molar-refractivity contribution in [2.24, 2.45) is 0 Å². The van der Waals surface area contributed by atoms with Crippen molar-refractivity contribution >= 4 is 35.1 Å². The van der Waals surface area contributed by atoms with Crippen molar-refractivity contribution < 1.29 is 14.3 Å². The normalized spacial score (nSPS) is 23.1. The van der Waals surface area contributed by atoms with Gasteiger partial charge in [0, 0.05) is 23.8 Å². The monoisotopic (exact) mass is 353 g/mol. The van der Waals surface area contributed by atoms with Crippen LogP contribution in [0.15, 0.2) is 24.3 Å². The third-order valence-corrected chi connectivity index (χ3v) is 7.08. The first-order chi connectivity index (χ1) is 11.2. The maximum absolute atomic E-state index is 12.3. The van der Waals surface area contributed by atoms with E-state index < -0.39 is 6.10 Å². The molecule has 2 atom stereocenters. The molecule has 1 aromatic rings. The fourth-order valence-corrected chi connectivity index (χ4v) is 5.50. The topological polar surface area (TPSA) is 47.6 Å². The average Bonchev–Trinajstić information content (AvgIpc) is 3.26. The van der Waals surface area contributed by atoms with Crippen LogP contribution in [0.3, 0.4) is 0 Å². The fourth-order valence-electron chi connectivity index (χ4n) is 2.66. The number of thioether (sulfide) groups is 2. The Kier molecular flexibility index (Phi) is 6.28. The lowest BCUT2D eigenvalue weighted by atomic mass is 10.2. The van der Waals surface area contributed by atoms with Crippen LogP contribution in [0, 0.1) is 0 Å². The zero-order chi connectivity index (χ0) is 16.1. The van der Waals surface area contributed by atoms with E-state index in [1.165, 1.54) is 17.1 Å². The standard InChI is InChI=1S/C17H23NO3S2/c1-12(21-11-15-6-3-7-20-15)16(19)18-14-5-2-4-13(10-14)17-22-8-9-23-17/h2,4-5,10,12,15,17H,3,6-9,11H2,1H3,(H,18,19). The minimum atomic E-state index is -0.474. The van der Waals surface area contributed by atoms with Gasteiger partial charge >= 0.3 is 0 Å². The van der Waals surface area contributed by atoms with Gasteiger partial charge in [-0.15, -0.1) is 23.5 Å². The number of nitrogens with one attached hydrogen (secondary N) is 1. The number of carbonyl (C=O) groups is 1. The molecular formula is C17H23NO3S2. The van der Waals surface area contributed by atoms with E-state index in [0.29, 0.717) is 11.2 Å². The molecule has 2 saturated heterocycles. The molecule has 2 aliphatic rings. The van der Waals surface area contributed by atoms with Crippen LogP contribution >= 0.6 is 23.5 Å². The number of amides is 1. The number of hydrogen-bond donors (Lipinski definition) is 1. The van der Waals surface area contributed by atoms with Gasteiger partial charge in [-0.2, -0.15) is 0 Å². The highest BCUT2D eigenvalue weighted by Crippen LogP contribution is 2.45. The highest BCUT2D eigenvalue weighted by molar-refractivity contribution is 8.19. The van der Waals surface area contributed by atoms with Crippen LogP contribution in [0.1, 0.15) is 29.9 Å². The molecule has 6 heteroatoms. The lowest BCUT2D eigenvalue weighted by Gasteiger charge is -2.17. The van der Waals surface area contributed by atoms with Gasteiger partial charge in [0.2, 0.25) is 0 Å². The quantitative estimate of drug-likeness (QED) is 0.845. The molecule has 2 heterocycles. The van der Waals surface area contributed by atoms with E-state index in [2.05, 4.69) is 17.4 Å². The molecule has 1 aromatic carbocycles. The Morgan fingerprint density at radius 3 is 3.00 bits per heavy atom. The van der Waals surface area contributed by atoms with Crippen molar-refractivity contribution in [2.75, 3.05) is 30.0 Å². The van der Waals surface area contributed by atoms with Crippen molar-refractivity contribution in [3.05, 3.63) is 29.8 Å². The van der Waals surface area contributed by atoms with Gasteiger partial charge in [0.15, 0.2) is 0 Å². The second-order valence-electron chi connectivity index (χ2n) is 5.80. The van der Waals surface area contributed by atoms with Gasteiger partial charge in [-0.1, -0.05) is 12.1 Å². The van der Waals surface area contributed by atoms with Crippen LogP contribution in [0.5, 0.6) is 0 Å². The van der Waals surface area contributed by atoms with Crippen LogP contribution in [-0.4, -0.2) is 42.8 Å². The molecule has 0 radical (unpaired) electrons. The second kappa shape index (κ2) is 8.42. The Hall–Kier alpha value is -0.690. The summed E-state index contributed by atoms with van der Waals surface area (Å²) in [6.07, 6.45) is 1.77. The lowest BCUT2D eigenvalue weighted by molar-refractivity contribution is -0.128. The molecule has 2 fully saturated rings. The summed E-state index contributed by atoms with van der Waals surface area (Å²) in [5, 5.41) is 2.96. The number of carbonyl (C=O) groups excluding carboxylic acids is 1. The fraction of sp³-hybridized carbons (Fsp3) is 0.588. The predicted octanol–water partition coefficient (Wildman–Crippen LogP) is 3.69. The van der Waals surface area contributed by atoms with Gasteiger partial charge in [-0.05, 0) is 37.5 Å². The maximum atomic E-state index is 12.3. The predicted molar refractivity (Wildman–Crippen MR) is 97.1 cm³/mol. The minimum Gasteiger partial charge on any atom is -0.376 e. The first kappa shape index (κ1) is 17.1. The zero-order valence-corrected chi connectivity index (χ0v) is 15.0. The van der Waals surface area contributed by atoms with Crippen molar-refractivity contribution in [3.63, 3.8) is 0 Å². The zero-order valence-electron chi connectivity index (χ0n) is 13.3. The molecule has 0 aliphatic carbocycles. The molecule has 126 valence electrons. The number of ether oxygens (including phenoxy) is 2. The molecule has 0 bridgehead atoms. The van der Waals surface area contributed by atoms with Gasteiger partial charge in [-0.3, -0.25) is 4.79 Å². The highest BCUT2D eigenvalue weighted by atomic mass is 32.2. The largest absolute Gasteiger partial charge is 0.376 e. The summed E-state index contributed by atoms with van der Waals surface area (Å²) in [5.74, 6) is 2.28. The Morgan fingerprint density at radius 1 is 1.43 bits per heavy atom. The van der Waals surface area contributed by atoms with Crippen molar-refractivity contribution in [1.29, 1.82) is 0 Å². The van der Waals surface area contributed by atoms with Gasteiger partial charge in [-0.25, -0.2) is 0 Å². The van der Waals surface area contributed by atoms with E-state index in [0.717, 1.165) is 25.1 Å². The van der Waals surface area contributed by atoms with E-state index in [9.17, 15) is 4.79 Å². The van der Waals surface area contributed by atoms with E-state index in [1.807, 2.05) is 35.7 Å². The van der Waals surface area contributed by atoms with Crippen LogP contribution in [0.4, 0.5) is 5.69 Å². The Morgan fingerprint density at radius 2 is 2.26 bits per heavy atom. The summed E-state index contributed by atoms with van der Waals surface area (Å²) in [4.78, 5) is 12.3. The Bertz CT molecular complexity index is 528. The summed E-state index contributed by atoms with van der Waals surface area (Å²) >= 11 is 3.93. The number of anilines is 1. The molecule has 2 unspecified atom stereocenters. The molecule has 3 rings (SSSR count). The third kappa shape index (κ3) is 4.89. The van der Waals surface area contributed by atoms with E-state index in [-0.39, 0.29) is 12.0 Å². The molecule has 4 nitrogen and oxygen atoms in total. The average molecular weight is 354 g/mol. The summed E-state index contributed by atoms with van der Waals surface area (Å²) < 4.78 is 11.6. The van der Waals surface area contributed by atoms with Gasteiger partial charge in [0.05, 0.1) is 17.3 Å². The van der Waals surface area contributed by atoms with Gasteiger partial charge in [0.1, 0.15) is 6.10 Å². The molecule has 0 spiro atoms. The third-order valence-electron chi connectivity index (χ3n) is 3.97. The molecule has 1 amide bonds. The SMILES string of the molecule is CC(OCC1CCCO1)C(=O)Nc1cccc(C2SCCS2)c1. The summed E-state index contributed by atoms with van der Waals surface area (Å²) in [5.41, 5.74) is 2.11. The van der Waals surface area contributed by atoms with Crippen molar-refractivity contribution in [1.82, 2.24) is 0 Å². The van der Waals surface area contributed by atoms with Crippen LogP contribution < -0.4 is 5.32 Å². The maximum Gasteiger partial charge on any atom is 0.253 e. The van der Waals surface area contributed by atoms with Gasteiger partial charge < -0.3 is 14.8 Å². The van der Waals surface area contributed by atoms with E-state index in [4.69, 9.17) is 9.47 Å². The van der Waals surface area contributed by atoms with Crippen molar-refractivity contribution in [2.45, 2.75) is 36.6 Å². The summed E-state index contributed by atoms with van der Waals surface area (Å²) in [6.45, 7) is 3.08. The lowest BCUT2D eigenvalue weighted by Crippen LogP contribution is -2.30. The highest BCUT2D eigenvalue weighted by Gasteiger charge is 2.21. The number of hydrogen-bond acceptors (Lipinski definition) is 5. The Labute approximate surface area is 146 Å². The summed E-state index contributed by atoms with van der Waals surface area (Å²) in [6, 6.07) is 8.13. The van der Waals surface area contributed by atoms with E-state index >= 15 is 0 Å². The molecule has 1 N–H and O–H groups in total.